The highest BCUT2D eigenvalue weighted by atomic mass is 32.2. The zero-order chi connectivity index (χ0) is 29.3. The van der Waals surface area contributed by atoms with E-state index in [1.54, 1.807) is 17.9 Å². The van der Waals surface area contributed by atoms with E-state index in [9.17, 15) is 30.4 Å². The van der Waals surface area contributed by atoms with Crippen molar-refractivity contribution in [3.63, 3.8) is 0 Å². The van der Waals surface area contributed by atoms with Gasteiger partial charge in [0, 0.05) is 44.2 Å². The molecule has 0 aliphatic carbocycles. The molecule has 4 heterocycles. The number of fused-ring (bicyclic) bond motifs is 2. The van der Waals surface area contributed by atoms with Gasteiger partial charge >= 0.3 is 15.6 Å². The van der Waals surface area contributed by atoms with Crippen LogP contribution in [0.1, 0.15) is 11.3 Å². The molecular weight excluding hydrogens is 565 g/mol. The van der Waals surface area contributed by atoms with Crippen molar-refractivity contribution in [2.45, 2.75) is 18.6 Å². The number of hydrogen-bond donors (Lipinski definition) is 1. The molecule has 216 valence electrons. The standard InChI is InChI=1S/C19H14F5N5O3S.C5H10O2/c20-3-1-11(21)7-14-13-2-4-25-10-15(13)18(32-33(30,31)19(22,23)24)27-17(14)16-8-12-9-26-5-6-29(12)28-16;1-3-7-5-4-6-2/h1-4,7-8,10,26H,5-6,9H2;3H,1,4-5H2,2H3/b3-1+,11-7?;. The topological polar surface area (TPSA) is 117 Å². The fourth-order valence-electron chi connectivity index (χ4n) is 3.47. The third-order valence-electron chi connectivity index (χ3n) is 5.22. The maximum absolute atomic E-state index is 14.2. The Bertz CT molecular complexity index is 1480. The number of rotatable bonds is 9. The van der Waals surface area contributed by atoms with Crippen LogP contribution in [0.3, 0.4) is 0 Å². The first kappa shape index (κ1) is 30.6. The minimum Gasteiger partial charge on any atom is -0.499 e. The minimum absolute atomic E-state index is 0.0168. The predicted octanol–water partition coefficient (Wildman–Crippen LogP) is 4.41. The Morgan fingerprint density at radius 2 is 2.05 bits per heavy atom. The number of halogens is 5. The third kappa shape index (κ3) is 7.40. The molecule has 0 bridgehead atoms. The van der Waals surface area contributed by atoms with E-state index in [0.717, 1.165) is 18.0 Å². The molecule has 0 unspecified atom stereocenters. The minimum atomic E-state index is -6.06. The maximum atomic E-state index is 14.2. The number of pyridine rings is 2. The summed E-state index contributed by atoms with van der Waals surface area (Å²) in [4.78, 5) is 7.72. The summed E-state index contributed by atoms with van der Waals surface area (Å²) in [6, 6.07) is 2.88. The van der Waals surface area contributed by atoms with Crippen LogP contribution in [0.25, 0.3) is 28.2 Å². The van der Waals surface area contributed by atoms with E-state index in [0.29, 0.717) is 38.9 Å². The Morgan fingerprint density at radius 1 is 1.27 bits per heavy atom. The number of nitrogens with zero attached hydrogens (tertiary/aromatic N) is 4. The van der Waals surface area contributed by atoms with Gasteiger partial charge in [0.05, 0.1) is 36.8 Å². The van der Waals surface area contributed by atoms with Gasteiger partial charge in [-0.1, -0.05) is 6.58 Å². The Morgan fingerprint density at radius 3 is 2.70 bits per heavy atom. The van der Waals surface area contributed by atoms with Gasteiger partial charge in [-0.3, -0.25) is 9.67 Å². The average Bonchev–Trinajstić information content (AvgIpc) is 3.34. The quantitative estimate of drug-likeness (QED) is 0.0967. The average molecular weight is 590 g/mol. The molecule has 1 N–H and O–H groups in total. The van der Waals surface area contributed by atoms with E-state index in [2.05, 4.69) is 35.9 Å². The van der Waals surface area contributed by atoms with Crippen molar-refractivity contribution >= 4 is 27.0 Å². The van der Waals surface area contributed by atoms with Crippen LogP contribution in [0.2, 0.25) is 0 Å². The van der Waals surface area contributed by atoms with Gasteiger partial charge in [-0.05, 0) is 23.6 Å². The Kier molecular flexibility index (Phi) is 10.3. The molecule has 4 rings (SSSR count). The van der Waals surface area contributed by atoms with Crippen molar-refractivity contribution in [2.75, 3.05) is 26.9 Å². The smallest absolute Gasteiger partial charge is 0.499 e. The van der Waals surface area contributed by atoms with Crippen molar-refractivity contribution in [2.24, 2.45) is 0 Å². The van der Waals surface area contributed by atoms with Crippen LogP contribution in [0, 0.1) is 0 Å². The lowest BCUT2D eigenvalue weighted by atomic mass is 10.0. The van der Waals surface area contributed by atoms with Crippen LogP contribution in [0.15, 0.2) is 55.6 Å². The van der Waals surface area contributed by atoms with Gasteiger partial charge in [0.15, 0.2) is 0 Å². The van der Waals surface area contributed by atoms with Crippen molar-refractivity contribution < 1.29 is 44.0 Å². The van der Waals surface area contributed by atoms with Gasteiger partial charge in [-0.25, -0.2) is 13.8 Å². The van der Waals surface area contributed by atoms with Gasteiger partial charge in [0.1, 0.15) is 23.8 Å². The summed E-state index contributed by atoms with van der Waals surface area (Å²) in [5.74, 6) is -1.94. The van der Waals surface area contributed by atoms with E-state index in [1.807, 2.05) is 0 Å². The number of allylic oxidation sites excluding steroid dienone is 2. The van der Waals surface area contributed by atoms with E-state index in [1.165, 1.54) is 18.5 Å². The zero-order valence-corrected chi connectivity index (χ0v) is 21.8. The molecule has 16 heteroatoms. The Hall–Kier alpha value is -3.89. The highest BCUT2D eigenvalue weighted by Crippen LogP contribution is 2.37. The second-order valence-corrected chi connectivity index (χ2v) is 9.39. The zero-order valence-electron chi connectivity index (χ0n) is 21.0. The molecule has 0 saturated carbocycles. The molecule has 1 aliphatic heterocycles. The maximum Gasteiger partial charge on any atom is 0.534 e. The predicted molar refractivity (Wildman–Crippen MR) is 135 cm³/mol. The first-order valence-corrected chi connectivity index (χ1v) is 12.8. The van der Waals surface area contributed by atoms with Crippen molar-refractivity contribution in [1.82, 2.24) is 25.1 Å². The fourth-order valence-corrected chi connectivity index (χ4v) is 3.90. The normalized spacial score (nSPS) is 14.0. The largest absolute Gasteiger partial charge is 0.534 e. The van der Waals surface area contributed by atoms with Gasteiger partial charge < -0.3 is 19.0 Å². The summed E-state index contributed by atoms with van der Waals surface area (Å²) in [6.07, 6.45) is 5.08. The molecule has 0 amide bonds. The summed E-state index contributed by atoms with van der Waals surface area (Å²) in [5.41, 5.74) is -5.00. The molecule has 1 aliphatic rings. The number of alkyl halides is 3. The van der Waals surface area contributed by atoms with E-state index >= 15 is 0 Å². The number of aromatic nitrogens is 4. The fraction of sp³-hybridized carbons (Fsp3) is 0.292. The second-order valence-electron chi connectivity index (χ2n) is 7.86. The molecule has 10 nitrogen and oxygen atoms in total. The highest BCUT2D eigenvalue weighted by Gasteiger charge is 2.49. The molecule has 0 atom stereocenters. The summed E-state index contributed by atoms with van der Waals surface area (Å²) in [6.45, 7) is 6.13. The Balaban J connectivity index is 0.000000559. The molecule has 0 fully saturated rings. The van der Waals surface area contributed by atoms with Gasteiger partial charge in [0.25, 0.3) is 0 Å². The molecule has 3 aromatic rings. The molecule has 0 spiro atoms. The molecule has 0 saturated heterocycles. The van der Waals surface area contributed by atoms with Crippen molar-refractivity contribution in [3.8, 4) is 17.3 Å². The molecule has 0 radical (unpaired) electrons. The molecule has 3 aromatic heterocycles. The summed E-state index contributed by atoms with van der Waals surface area (Å²) < 4.78 is 104. The molecular formula is C24H24F5N5O5S. The van der Waals surface area contributed by atoms with Crippen LogP contribution >= 0.6 is 0 Å². The highest BCUT2D eigenvalue weighted by molar-refractivity contribution is 7.88. The molecule has 0 aromatic carbocycles. The number of ether oxygens (including phenoxy) is 2. The van der Waals surface area contributed by atoms with Crippen LogP contribution in [-0.4, -0.2) is 60.5 Å². The van der Waals surface area contributed by atoms with Gasteiger partial charge in [0.2, 0.25) is 5.88 Å². The lowest BCUT2D eigenvalue weighted by Gasteiger charge is -2.14. The van der Waals surface area contributed by atoms with Crippen molar-refractivity contribution in [1.29, 1.82) is 0 Å². The lowest BCUT2D eigenvalue weighted by Crippen LogP contribution is -2.28. The van der Waals surface area contributed by atoms with Crippen LogP contribution in [0.4, 0.5) is 22.0 Å². The Labute approximate surface area is 225 Å². The van der Waals surface area contributed by atoms with Crippen LogP contribution in [0.5, 0.6) is 5.88 Å². The SMILES string of the molecule is C=COCCOC.O=S(=O)(Oc1nc(-c2cc3n(n2)CCNC3)c(C=C(F)/C=C/F)c2ccncc12)C(F)(F)F. The molecule has 40 heavy (non-hydrogen) atoms. The third-order valence-corrected chi connectivity index (χ3v) is 6.17. The first-order chi connectivity index (χ1) is 19.0. The summed E-state index contributed by atoms with van der Waals surface area (Å²) >= 11 is 0. The van der Waals surface area contributed by atoms with Crippen LogP contribution in [-0.2, 0) is 32.7 Å². The van der Waals surface area contributed by atoms with Gasteiger partial charge in [-0.2, -0.15) is 26.7 Å². The van der Waals surface area contributed by atoms with E-state index in [-0.39, 0.29) is 34.1 Å². The lowest BCUT2D eigenvalue weighted by molar-refractivity contribution is -0.0500. The number of methoxy groups -OCH3 is 1. The summed E-state index contributed by atoms with van der Waals surface area (Å²) in [5, 5.41) is 7.30. The second kappa shape index (κ2) is 13.5. The monoisotopic (exact) mass is 589 g/mol. The first-order valence-electron chi connectivity index (χ1n) is 11.4. The van der Waals surface area contributed by atoms with E-state index < -0.39 is 27.3 Å². The van der Waals surface area contributed by atoms with E-state index in [4.69, 9.17) is 4.74 Å². The number of nitrogens with one attached hydrogen (secondary N) is 1. The van der Waals surface area contributed by atoms with Gasteiger partial charge in [-0.15, -0.1) is 0 Å². The number of hydrogen-bond acceptors (Lipinski definition) is 9. The van der Waals surface area contributed by atoms with Crippen molar-refractivity contribution in [3.05, 3.63) is 66.9 Å². The van der Waals surface area contributed by atoms with Crippen LogP contribution < -0.4 is 9.50 Å². The summed E-state index contributed by atoms with van der Waals surface area (Å²) in [7, 11) is -4.43.